The fraction of sp³-hybridized carbons (Fsp3) is 0.400. The number of anilines is 3. The molecule has 1 fully saturated rings. The standard InChI is InChI=1S/C23H29N5O4S.C2HF3O2/c1-14-6-7-15(2)28(14)20-9-8-16(33(29,30)24-3)10-19(20)27-23-17-11-21(31-4)22(32-5)12-18(17)25-13-26-23;3-2(4,5)1(6)7/h8-15,24H,6-7H2,1-5H3,(H,25,26,27);(H,6,7). The predicted octanol–water partition coefficient (Wildman–Crippen LogP) is 4.31. The van der Waals surface area contributed by atoms with Crippen LogP contribution in [0.5, 0.6) is 11.5 Å². The molecular weight excluding hydrogens is 555 g/mol. The van der Waals surface area contributed by atoms with E-state index in [-0.39, 0.29) is 4.90 Å². The number of methoxy groups -OCH3 is 2. The second-order valence-corrected chi connectivity index (χ2v) is 10.8. The van der Waals surface area contributed by atoms with E-state index in [9.17, 15) is 21.6 Å². The molecule has 0 spiro atoms. The highest BCUT2D eigenvalue weighted by Gasteiger charge is 2.38. The van der Waals surface area contributed by atoms with Gasteiger partial charge in [0, 0.05) is 23.5 Å². The van der Waals surface area contributed by atoms with Crippen molar-refractivity contribution < 1.29 is 41.0 Å². The van der Waals surface area contributed by atoms with Crippen LogP contribution in [0.1, 0.15) is 26.7 Å². The summed E-state index contributed by atoms with van der Waals surface area (Å²) in [5.41, 5.74) is 2.25. The third kappa shape index (κ3) is 6.65. The van der Waals surface area contributed by atoms with Crippen molar-refractivity contribution in [3.05, 3.63) is 36.7 Å². The maximum atomic E-state index is 12.5. The van der Waals surface area contributed by atoms with Crippen molar-refractivity contribution in [1.29, 1.82) is 0 Å². The highest BCUT2D eigenvalue weighted by atomic mass is 32.2. The number of benzene rings is 2. The van der Waals surface area contributed by atoms with Crippen LogP contribution in [-0.2, 0) is 14.8 Å². The van der Waals surface area contributed by atoms with Gasteiger partial charge in [-0.15, -0.1) is 0 Å². The quantitative estimate of drug-likeness (QED) is 0.367. The second kappa shape index (κ2) is 12.1. The number of rotatable bonds is 7. The molecule has 2 heterocycles. The van der Waals surface area contributed by atoms with Gasteiger partial charge in [-0.1, -0.05) is 0 Å². The fourth-order valence-electron chi connectivity index (χ4n) is 4.41. The monoisotopic (exact) mass is 585 g/mol. The number of ether oxygens (including phenoxy) is 2. The molecule has 0 aliphatic carbocycles. The first-order valence-corrected chi connectivity index (χ1v) is 13.5. The Kier molecular flexibility index (Phi) is 9.30. The van der Waals surface area contributed by atoms with E-state index >= 15 is 0 Å². The smallest absolute Gasteiger partial charge is 0.490 e. The lowest BCUT2D eigenvalue weighted by molar-refractivity contribution is -0.192. The first-order valence-electron chi connectivity index (χ1n) is 12.0. The van der Waals surface area contributed by atoms with Crippen LogP contribution in [0.25, 0.3) is 10.9 Å². The number of carboxylic acid groups (broad SMARTS) is 1. The maximum absolute atomic E-state index is 12.5. The second-order valence-electron chi connectivity index (χ2n) is 8.94. The summed E-state index contributed by atoms with van der Waals surface area (Å²) in [4.78, 5) is 20.2. The molecule has 2 aromatic carbocycles. The number of hydrogen-bond donors (Lipinski definition) is 3. The fourth-order valence-corrected chi connectivity index (χ4v) is 5.16. The maximum Gasteiger partial charge on any atom is 0.490 e. The number of nitrogens with one attached hydrogen (secondary N) is 2. The summed E-state index contributed by atoms with van der Waals surface area (Å²) in [7, 11) is 0.923. The molecule has 4 rings (SSSR count). The Morgan fingerprint density at radius 3 is 2.15 bits per heavy atom. The molecule has 11 nitrogen and oxygen atoms in total. The number of alkyl halides is 3. The van der Waals surface area contributed by atoms with Crippen LogP contribution >= 0.6 is 0 Å². The van der Waals surface area contributed by atoms with Crippen LogP contribution in [0.4, 0.5) is 30.4 Å². The number of sulfonamides is 1. The van der Waals surface area contributed by atoms with Crippen LogP contribution in [0.3, 0.4) is 0 Å². The van der Waals surface area contributed by atoms with Crippen LogP contribution in [0, 0.1) is 0 Å². The number of aromatic nitrogens is 2. The average molecular weight is 586 g/mol. The van der Waals surface area contributed by atoms with Gasteiger partial charge >= 0.3 is 12.1 Å². The van der Waals surface area contributed by atoms with Crippen molar-refractivity contribution in [2.45, 2.75) is 49.8 Å². The van der Waals surface area contributed by atoms with Gasteiger partial charge in [-0.05, 0) is 58.0 Å². The summed E-state index contributed by atoms with van der Waals surface area (Å²) in [5, 5.41) is 11.2. The van der Waals surface area contributed by atoms with Crippen molar-refractivity contribution in [3.8, 4) is 11.5 Å². The highest BCUT2D eigenvalue weighted by molar-refractivity contribution is 7.89. The number of carbonyl (C=O) groups is 1. The minimum absolute atomic E-state index is 0.174. The van der Waals surface area contributed by atoms with E-state index in [1.54, 1.807) is 32.4 Å². The van der Waals surface area contributed by atoms with E-state index in [2.05, 4.69) is 38.8 Å². The van der Waals surface area contributed by atoms with Gasteiger partial charge in [-0.3, -0.25) is 0 Å². The summed E-state index contributed by atoms with van der Waals surface area (Å²) in [6.07, 6.45) is -1.47. The molecule has 1 saturated heterocycles. The van der Waals surface area contributed by atoms with Gasteiger partial charge in [-0.2, -0.15) is 13.2 Å². The molecule has 2 atom stereocenters. The Hall–Kier alpha value is -3.85. The number of aliphatic carboxylic acids is 1. The lowest BCUT2D eigenvalue weighted by atomic mass is 10.1. The molecule has 1 aliphatic heterocycles. The Morgan fingerprint density at radius 2 is 1.62 bits per heavy atom. The third-order valence-corrected chi connectivity index (χ3v) is 7.83. The van der Waals surface area contributed by atoms with E-state index in [1.165, 1.54) is 13.4 Å². The molecule has 218 valence electrons. The molecule has 3 N–H and O–H groups in total. The van der Waals surface area contributed by atoms with Crippen LogP contribution in [0.15, 0.2) is 41.6 Å². The Bertz CT molecular complexity index is 1480. The molecule has 0 saturated carbocycles. The first-order chi connectivity index (χ1) is 18.7. The summed E-state index contributed by atoms with van der Waals surface area (Å²) >= 11 is 0. The normalized spacial score (nSPS) is 17.2. The van der Waals surface area contributed by atoms with Crippen LogP contribution in [-0.4, -0.2) is 69.0 Å². The van der Waals surface area contributed by atoms with Gasteiger partial charge in [0.15, 0.2) is 11.5 Å². The zero-order valence-electron chi connectivity index (χ0n) is 22.4. The number of hydrogen-bond acceptors (Lipinski definition) is 9. The zero-order valence-corrected chi connectivity index (χ0v) is 23.2. The Morgan fingerprint density at radius 1 is 1.05 bits per heavy atom. The number of nitrogens with zero attached hydrogens (tertiary/aromatic N) is 3. The Balaban J connectivity index is 0.000000559. The summed E-state index contributed by atoms with van der Waals surface area (Å²) in [5.74, 6) is -1.10. The van der Waals surface area contributed by atoms with E-state index in [0.717, 1.165) is 23.9 Å². The van der Waals surface area contributed by atoms with Gasteiger partial charge < -0.3 is 24.8 Å². The van der Waals surface area contributed by atoms with E-state index in [0.29, 0.717) is 40.6 Å². The molecule has 0 radical (unpaired) electrons. The zero-order chi connectivity index (χ0) is 29.8. The molecular formula is C25H30F3N5O6S. The molecule has 0 amide bonds. The predicted molar refractivity (Wildman–Crippen MR) is 143 cm³/mol. The lowest BCUT2D eigenvalue weighted by Gasteiger charge is -2.31. The molecule has 3 aromatic rings. The van der Waals surface area contributed by atoms with Gasteiger partial charge in [0.1, 0.15) is 12.1 Å². The summed E-state index contributed by atoms with van der Waals surface area (Å²) < 4.78 is 70.0. The van der Waals surface area contributed by atoms with E-state index in [1.807, 2.05) is 12.1 Å². The minimum atomic E-state index is -5.08. The van der Waals surface area contributed by atoms with Crippen molar-refractivity contribution in [3.63, 3.8) is 0 Å². The molecule has 0 bridgehead atoms. The van der Waals surface area contributed by atoms with Gasteiger partial charge in [0.25, 0.3) is 0 Å². The number of carboxylic acids is 1. The summed E-state index contributed by atoms with van der Waals surface area (Å²) in [6.45, 7) is 4.37. The Labute approximate surface area is 229 Å². The molecule has 1 aliphatic rings. The van der Waals surface area contributed by atoms with Gasteiger partial charge in [0.2, 0.25) is 10.0 Å². The molecule has 40 heavy (non-hydrogen) atoms. The molecule has 2 unspecified atom stereocenters. The third-order valence-electron chi connectivity index (χ3n) is 6.41. The van der Waals surface area contributed by atoms with Crippen molar-refractivity contribution in [2.24, 2.45) is 0 Å². The topological polar surface area (TPSA) is 143 Å². The molecule has 15 heteroatoms. The van der Waals surface area contributed by atoms with Crippen molar-refractivity contribution >= 4 is 44.1 Å². The van der Waals surface area contributed by atoms with Crippen LogP contribution < -0.4 is 24.4 Å². The van der Waals surface area contributed by atoms with E-state index < -0.39 is 22.2 Å². The highest BCUT2D eigenvalue weighted by Crippen LogP contribution is 2.40. The first kappa shape index (κ1) is 30.7. The molecule has 1 aromatic heterocycles. The summed E-state index contributed by atoms with van der Waals surface area (Å²) in [6, 6.07) is 9.40. The number of halogens is 3. The van der Waals surface area contributed by atoms with Gasteiger partial charge in [0.05, 0.1) is 36.0 Å². The van der Waals surface area contributed by atoms with Gasteiger partial charge in [-0.25, -0.2) is 27.9 Å². The average Bonchev–Trinajstić information content (AvgIpc) is 3.25. The minimum Gasteiger partial charge on any atom is -0.493 e. The van der Waals surface area contributed by atoms with E-state index in [4.69, 9.17) is 19.4 Å². The van der Waals surface area contributed by atoms with Crippen LogP contribution in [0.2, 0.25) is 0 Å². The van der Waals surface area contributed by atoms with Crippen molar-refractivity contribution in [2.75, 3.05) is 31.5 Å². The van der Waals surface area contributed by atoms with Crippen molar-refractivity contribution in [1.82, 2.24) is 14.7 Å². The number of fused-ring (bicyclic) bond motifs is 1. The SMILES string of the molecule is CNS(=O)(=O)c1ccc(N2C(C)CCC2C)c(Nc2ncnc3cc(OC)c(OC)cc23)c1.O=C(O)C(F)(F)F. The lowest BCUT2D eigenvalue weighted by Crippen LogP contribution is -2.33. The largest absolute Gasteiger partial charge is 0.493 e.